The predicted octanol–water partition coefficient (Wildman–Crippen LogP) is 6.05. The van der Waals surface area contributed by atoms with Crippen LogP contribution in [0.5, 0.6) is 11.6 Å². The molecule has 4 amide bonds. The minimum atomic E-state index is -4.07. The van der Waals surface area contributed by atoms with Crippen LogP contribution in [0.15, 0.2) is 36.5 Å². The second kappa shape index (κ2) is 16.3. The molecule has 0 radical (unpaired) electrons. The molecule has 1 unspecified atom stereocenters. The summed E-state index contributed by atoms with van der Waals surface area (Å²) in [5, 5.41) is 6.95. The van der Waals surface area contributed by atoms with Gasteiger partial charge in [0.25, 0.3) is 11.8 Å². The Balaban J connectivity index is 1.38. The van der Waals surface area contributed by atoms with Crippen LogP contribution in [0.4, 0.5) is 13.6 Å². The van der Waals surface area contributed by atoms with Crippen LogP contribution < -0.4 is 24.8 Å². The Morgan fingerprint density at radius 3 is 2.51 bits per heavy atom. The van der Waals surface area contributed by atoms with Crippen molar-refractivity contribution < 1.29 is 50.6 Å². The number of alkyl halides is 2. The molecule has 1 aromatic heterocycles. The molecule has 59 heavy (non-hydrogen) atoms. The van der Waals surface area contributed by atoms with Crippen molar-refractivity contribution in [3.63, 3.8) is 0 Å². The fraction of sp³-hybridized carbons (Fsp3) is 0.634. The molecule has 3 N–H and O–H groups in total. The maximum Gasteiger partial charge on any atom is 0.408 e. The summed E-state index contributed by atoms with van der Waals surface area (Å²) in [5.74, 6) is -6.15. The quantitative estimate of drug-likeness (QED) is 0.238. The van der Waals surface area contributed by atoms with Gasteiger partial charge >= 0.3 is 6.09 Å². The molecule has 6 rings (SSSR count). The average Bonchev–Trinajstić information content (AvgIpc) is 4.03. The summed E-state index contributed by atoms with van der Waals surface area (Å²) in [7, 11) is -2.58. The number of pyridine rings is 1. The molecule has 324 valence electrons. The summed E-state index contributed by atoms with van der Waals surface area (Å²) in [5.41, 5.74) is -3.85. The number of nitrogens with zero attached hydrogens (tertiary/aromatic N) is 2. The minimum Gasteiger partial charge on any atom is -0.495 e. The molecule has 2 aliphatic carbocycles. The van der Waals surface area contributed by atoms with Gasteiger partial charge in [-0.25, -0.2) is 27.0 Å². The van der Waals surface area contributed by atoms with Crippen molar-refractivity contribution in [3.8, 4) is 11.6 Å². The predicted molar refractivity (Wildman–Crippen MR) is 216 cm³/mol. The number of carbonyl (C=O) groups excluding carboxylic acids is 4. The van der Waals surface area contributed by atoms with Gasteiger partial charge in [0.05, 0.1) is 23.4 Å². The first kappa shape index (κ1) is 44.3. The first-order valence-corrected chi connectivity index (χ1v) is 21.9. The molecule has 3 heterocycles. The number of aromatic nitrogens is 1. The Morgan fingerprint density at radius 1 is 1.15 bits per heavy atom. The van der Waals surface area contributed by atoms with Crippen LogP contribution in [-0.2, 0) is 29.1 Å². The van der Waals surface area contributed by atoms with Crippen molar-refractivity contribution in [1.82, 2.24) is 25.2 Å². The highest BCUT2D eigenvalue weighted by atomic mass is 35.5. The van der Waals surface area contributed by atoms with Gasteiger partial charge in [-0.3, -0.25) is 19.1 Å². The summed E-state index contributed by atoms with van der Waals surface area (Å²) in [6, 6.07) is 2.48. The van der Waals surface area contributed by atoms with Gasteiger partial charge in [-0.15, -0.1) is 0 Å². The van der Waals surface area contributed by atoms with Crippen molar-refractivity contribution >= 4 is 56.2 Å². The van der Waals surface area contributed by atoms with E-state index in [1.165, 1.54) is 18.2 Å². The number of halogens is 3. The number of benzene rings is 1. The summed E-state index contributed by atoms with van der Waals surface area (Å²) in [4.78, 5) is 62.6. The lowest BCUT2D eigenvalue weighted by Crippen LogP contribution is -2.60. The summed E-state index contributed by atoms with van der Waals surface area (Å²) >= 11 is 6.47. The fourth-order valence-corrected chi connectivity index (χ4v) is 9.40. The maximum absolute atomic E-state index is 15.0. The van der Waals surface area contributed by atoms with Crippen LogP contribution in [0.1, 0.15) is 92.9 Å². The van der Waals surface area contributed by atoms with Gasteiger partial charge in [-0.05, 0) is 94.7 Å². The number of allylic oxidation sites excluding steroid dienone is 1. The first-order valence-electron chi connectivity index (χ1n) is 20.1. The van der Waals surface area contributed by atoms with Crippen LogP contribution in [0.3, 0.4) is 0 Å². The molecular weight excluding hydrogens is 812 g/mol. The number of hydrogen-bond acceptors (Lipinski definition) is 10. The van der Waals surface area contributed by atoms with E-state index < -0.39 is 85.7 Å². The van der Waals surface area contributed by atoms with E-state index in [0.717, 1.165) is 13.8 Å². The summed E-state index contributed by atoms with van der Waals surface area (Å²) in [6.07, 6.45) is 6.07. The van der Waals surface area contributed by atoms with E-state index in [1.807, 2.05) is 26.0 Å². The highest BCUT2D eigenvalue weighted by molar-refractivity contribution is 7.91. The third kappa shape index (κ3) is 9.10. The van der Waals surface area contributed by atoms with Gasteiger partial charge in [-0.2, -0.15) is 0 Å². The number of carbonyl (C=O) groups is 4. The summed E-state index contributed by atoms with van der Waals surface area (Å²) in [6.45, 7) is 7.99. The standard InChI is InChI=1S/C41H54ClF2N5O9S/c1-8-24-17-23(2)11-9-10-12-26-21-41(26,36(52)48-59(54,55)39(5)14-15-39)47-33(50)30-19-27(57-34-28-20-29(42)31(56-7)18-25(28)13-16-45-34)22-49(30)35(51)32(24)46-37(53)58-38(3,4)40(6,43)44/h10,12-13,16,18,20,23-24,26-27,30,32H,8-9,11,14-15,17,19,21-22H2,1-7H3,(H,46,53)(H,47,50)(H,48,52)/b12-10-/t23-,24-,26?,27-,30+,32+,41-/m1/s1. The third-order valence-electron chi connectivity index (χ3n) is 12.6. The molecule has 0 spiro atoms. The Labute approximate surface area is 348 Å². The Kier molecular flexibility index (Phi) is 12.3. The molecule has 7 atom stereocenters. The van der Waals surface area contributed by atoms with Crippen molar-refractivity contribution in [2.75, 3.05) is 13.7 Å². The van der Waals surface area contributed by atoms with Crippen molar-refractivity contribution in [2.45, 2.75) is 133 Å². The zero-order chi connectivity index (χ0) is 43.3. The lowest BCUT2D eigenvalue weighted by molar-refractivity contribution is -0.152. The molecule has 4 aliphatic rings. The second-order valence-electron chi connectivity index (χ2n) is 17.4. The minimum absolute atomic E-state index is 0.0176. The smallest absolute Gasteiger partial charge is 0.408 e. The highest BCUT2D eigenvalue weighted by Crippen LogP contribution is 2.48. The fourth-order valence-electron chi connectivity index (χ4n) is 7.85. The maximum atomic E-state index is 15.0. The Hall–Kier alpha value is -4.25. The van der Waals surface area contributed by atoms with Gasteiger partial charge in [0.2, 0.25) is 27.7 Å². The summed E-state index contributed by atoms with van der Waals surface area (Å²) < 4.78 is 73.5. The van der Waals surface area contributed by atoms with Gasteiger partial charge in [0.1, 0.15) is 29.5 Å². The number of sulfonamides is 1. The number of rotatable bonds is 10. The van der Waals surface area contributed by atoms with Crippen molar-refractivity contribution in [1.29, 1.82) is 0 Å². The van der Waals surface area contributed by atoms with Gasteiger partial charge in [-0.1, -0.05) is 44.0 Å². The van der Waals surface area contributed by atoms with E-state index in [4.69, 9.17) is 25.8 Å². The zero-order valence-electron chi connectivity index (χ0n) is 34.4. The largest absolute Gasteiger partial charge is 0.495 e. The van der Waals surface area contributed by atoms with Crippen LogP contribution in [0, 0.1) is 17.8 Å². The van der Waals surface area contributed by atoms with Crippen molar-refractivity contribution in [3.05, 3.63) is 41.6 Å². The molecule has 3 fully saturated rings. The van der Waals surface area contributed by atoms with E-state index >= 15 is 0 Å². The van der Waals surface area contributed by atoms with Gasteiger partial charge in [0, 0.05) is 30.8 Å². The number of methoxy groups -OCH3 is 1. The number of alkyl carbamates (subject to hydrolysis) is 1. The van der Waals surface area contributed by atoms with E-state index in [-0.39, 0.29) is 31.2 Å². The molecule has 1 saturated heterocycles. The van der Waals surface area contributed by atoms with Crippen LogP contribution in [0.25, 0.3) is 10.8 Å². The van der Waals surface area contributed by atoms with Crippen molar-refractivity contribution in [2.24, 2.45) is 17.8 Å². The van der Waals surface area contributed by atoms with Gasteiger partial charge in [0.15, 0.2) is 5.60 Å². The monoisotopic (exact) mass is 865 g/mol. The molecule has 2 saturated carbocycles. The van der Waals surface area contributed by atoms with E-state index in [2.05, 4.69) is 20.3 Å². The van der Waals surface area contributed by atoms with E-state index in [0.29, 0.717) is 67.0 Å². The first-order chi connectivity index (χ1) is 27.5. The normalized spacial score (nSPS) is 29.2. The zero-order valence-corrected chi connectivity index (χ0v) is 36.0. The number of amides is 4. The van der Waals surface area contributed by atoms with Crippen LogP contribution in [0.2, 0.25) is 5.02 Å². The lowest BCUT2D eigenvalue weighted by atomic mass is 9.85. The highest BCUT2D eigenvalue weighted by Gasteiger charge is 2.63. The topological polar surface area (TPSA) is 182 Å². The lowest BCUT2D eigenvalue weighted by Gasteiger charge is -2.35. The Bertz CT molecular complexity index is 2130. The number of fused-ring (bicyclic) bond motifs is 3. The number of ether oxygens (including phenoxy) is 3. The number of nitrogens with one attached hydrogen (secondary N) is 3. The molecule has 18 heteroatoms. The second-order valence-corrected chi connectivity index (χ2v) is 20.0. The molecule has 2 aromatic rings. The molecule has 1 aromatic carbocycles. The molecule has 2 aliphatic heterocycles. The SMILES string of the molecule is CC[C@@H]1C[C@H](C)CC/C=C\C2C[C@@]2(C(=O)NS(=O)(=O)C2(C)CC2)NC(=O)[C@@H]2C[C@@H](Oc3nccc4cc(OC)c(Cl)cc34)CN2C(=O)[C@H]1NC(=O)OC(C)(C)C(C)(F)F. The average molecular weight is 866 g/mol. The molecular formula is C41H54ClF2N5O9S. The van der Waals surface area contributed by atoms with E-state index in [1.54, 1.807) is 25.1 Å². The van der Waals surface area contributed by atoms with E-state index in [9.17, 15) is 36.4 Å². The molecule has 14 nitrogen and oxygen atoms in total. The van der Waals surface area contributed by atoms with Gasteiger partial charge < -0.3 is 29.7 Å². The number of hydrogen-bond donors (Lipinski definition) is 3. The third-order valence-corrected chi connectivity index (χ3v) is 15.0. The van der Waals surface area contributed by atoms with Crippen LogP contribution in [-0.4, -0.2) is 95.8 Å². The Morgan fingerprint density at radius 2 is 1.86 bits per heavy atom. The van der Waals surface area contributed by atoms with Crippen LogP contribution >= 0.6 is 11.6 Å². The molecule has 0 bridgehead atoms.